The zero-order chi connectivity index (χ0) is 13.7. The third-order valence-electron chi connectivity index (χ3n) is 3.40. The average Bonchev–Trinajstić information content (AvgIpc) is 2.38. The standard InChI is InChI=1S/C14H19BrN2O2/c15-13-3-1-2-12(10-13)11-17-8-6-16(7-9-17)5-4-14(18)19/h1-3,10H,4-9,11H2,(H,18,19). The Kier molecular flexibility index (Phi) is 5.36. The predicted molar refractivity (Wildman–Crippen MR) is 78.1 cm³/mol. The van der Waals surface area contributed by atoms with Gasteiger partial charge in [-0.05, 0) is 17.7 Å². The molecule has 1 aromatic rings. The largest absolute Gasteiger partial charge is 0.481 e. The summed E-state index contributed by atoms with van der Waals surface area (Å²) in [6.45, 7) is 5.56. The Morgan fingerprint density at radius 3 is 2.53 bits per heavy atom. The van der Waals surface area contributed by atoms with E-state index >= 15 is 0 Å². The molecule has 2 rings (SSSR count). The Hall–Kier alpha value is -0.910. The highest BCUT2D eigenvalue weighted by Crippen LogP contribution is 2.14. The fourth-order valence-corrected chi connectivity index (χ4v) is 2.76. The van der Waals surface area contributed by atoms with E-state index < -0.39 is 5.97 Å². The molecule has 4 nitrogen and oxygen atoms in total. The molecule has 0 unspecified atom stereocenters. The van der Waals surface area contributed by atoms with Gasteiger partial charge in [-0.3, -0.25) is 9.69 Å². The van der Waals surface area contributed by atoms with Gasteiger partial charge < -0.3 is 10.0 Å². The highest BCUT2D eigenvalue weighted by molar-refractivity contribution is 9.10. The maximum absolute atomic E-state index is 10.5. The molecule has 0 bridgehead atoms. The molecule has 1 aromatic carbocycles. The van der Waals surface area contributed by atoms with Crippen molar-refractivity contribution in [2.75, 3.05) is 32.7 Å². The van der Waals surface area contributed by atoms with E-state index in [-0.39, 0.29) is 6.42 Å². The predicted octanol–water partition coefficient (Wildman–Crippen LogP) is 2.04. The Bertz CT molecular complexity index is 431. The number of carbonyl (C=O) groups is 1. The van der Waals surface area contributed by atoms with Crippen molar-refractivity contribution in [2.45, 2.75) is 13.0 Å². The number of carboxylic acid groups (broad SMARTS) is 1. The molecular weight excluding hydrogens is 308 g/mol. The number of aliphatic carboxylic acids is 1. The van der Waals surface area contributed by atoms with Gasteiger partial charge in [-0.1, -0.05) is 28.1 Å². The summed E-state index contributed by atoms with van der Waals surface area (Å²) in [5, 5.41) is 8.68. The third-order valence-corrected chi connectivity index (χ3v) is 3.90. The summed E-state index contributed by atoms with van der Waals surface area (Å²) in [6.07, 6.45) is 0.242. The molecule has 19 heavy (non-hydrogen) atoms. The molecule has 0 atom stereocenters. The van der Waals surface area contributed by atoms with Crippen LogP contribution in [0.25, 0.3) is 0 Å². The molecule has 1 saturated heterocycles. The number of nitrogens with zero attached hydrogens (tertiary/aromatic N) is 2. The summed E-state index contributed by atoms with van der Waals surface area (Å²) in [6, 6.07) is 8.38. The van der Waals surface area contributed by atoms with Crippen LogP contribution in [0.1, 0.15) is 12.0 Å². The molecule has 1 aliphatic heterocycles. The van der Waals surface area contributed by atoms with Gasteiger partial charge in [0.05, 0.1) is 6.42 Å². The molecule has 1 aliphatic rings. The monoisotopic (exact) mass is 326 g/mol. The lowest BCUT2D eigenvalue weighted by Gasteiger charge is -2.34. The second-order valence-corrected chi connectivity index (χ2v) is 5.81. The minimum atomic E-state index is -0.712. The number of benzene rings is 1. The van der Waals surface area contributed by atoms with Crippen LogP contribution in [0.5, 0.6) is 0 Å². The molecule has 1 N–H and O–H groups in total. The lowest BCUT2D eigenvalue weighted by Crippen LogP contribution is -2.46. The first-order valence-electron chi connectivity index (χ1n) is 6.54. The zero-order valence-electron chi connectivity index (χ0n) is 10.9. The average molecular weight is 327 g/mol. The fourth-order valence-electron chi connectivity index (χ4n) is 2.32. The molecule has 5 heteroatoms. The molecule has 1 heterocycles. The van der Waals surface area contributed by atoms with E-state index in [4.69, 9.17) is 5.11 Å². The highest BCUT2D eigenvalue weighted by atomic mass is 79.9. The minimum Gasteiger partial charge on any atom is -0.481 e. The van der Waals surface area contributed by atoms with Crippen molar-refractivity contribution < 1.29 is 9.90 Å². The number of carboxylic acids is 1. The van der Waals surface area contributed by atoms with Gasteiger partial charge in [-0.25, -0.2) is 0 Å². The molecule has 0 spiro atoms. The van der Waals surface area contributed by atoms with Gasteiger partial charge in [0.2, 0.25) is 0 Å². The first-order chi connectivity index (χ1) is 9.13. The zero-order valence-corrected chi connectivity index (χ0v) is 12.5. The Balaban J connectivity index is 1.75. The lowest BCUT2D eigenvalue weighted by molar-refractivity contribution is -0.137. The van der Waals surface area contributed by atoms with E-state index in [0.29, 0.717) is 6.54 Å². The smallest absolute Gasteiger partial charge is 0.304 e. The van der Waals surface area contributed by atoms with Crippen molar-refractivity contribution >= 4 is 21.9 Å². The number of piperazine rings is 1. The molecule has 0 saturated carbocycles. The highest BCUT2D eigenvalue weighted by Gasteiger charge is 2.17. The number of hydrogen-bond donors (Lipinski definition) is 1. The van der Waals surface area contributed by atoms with Crippen molar-refractivity contribution in [2.24, 2.45) is 0 Å². The van der Waals surface area contributed by atoms with Crippen LogP contribution >= 0.6 is 15.9 Å². The van der Waals surface area contributed by atoms with Gasteiger partial charge in [-0.2, -0.15) is 0 Å². The maximum Gasteiger partial charge on any atom is 0.304 e. The summed E-state index contributed by atoms with van der Waals surface area (Å²) < 4.78 is 1.12. The molecule has 0 amide bonds. The Morgan fingerprint density at radius 2 is 1.89 bits per heavy atom. The van der Waals surface area contributed by atoms with E-state index in [0.717, 1.165) is 37.2 Å². The topological polar surface area (TPSA) is 43.8 Å². The van der Waals surface area contributed by atoms with Crippen molar-refractivity contribution in [3.05, 3.63) is 34.3 Å². The summed E-state index contributed by atoms with van der Waals surface area (Å²) in [7, 11) is 0. The minimum absolute atomic E-state index is 0.242. The van der Waals surface area contributed by atoms with Gasteiger partial charge in [0.15, 0.2) is 0 Å². The van der Waals surface area contributed by atoms with Crippen molar-refractivity contribution in [1.82, 2.24) is 9.80 Å². The van der Waals surface area contributed by atoms with Gasteiger partial charge in [0, 0.05) is 43.7 Å². The van der Waals surface area contributed by atoms with E-state index in [2.05, 4.69) is 43.9 Å². The van der Waals surface area contributed by atoms with Crippen LogP contribution < -0.4 is 0 Å². The van der Waals surface area contributed by atoms with Gasteiger partial charge in [-0.15, -0.1) is 0 Å². The molecule has 0 aliphatic carbocycles. The molecule has 104 valence electrons. The summed E-state index contributed by atoms with van der Waals surface area (Å²) in [5.74, 6) is -0.712. The summed E-state index contributed by atoms with van der Waals surface area (Å²) >= 11 is 3.49. The fraction of sp³-hybridized carbons (Fsp3) is 0.500. The van der Waals surface area contributed by atoms with Crippen LogP contribution in [0.4, 0.5) is 0 Å². The second-order valence-electron chi connectivity index (χ2n) is 4.89. The van der Waals surface area contributed by atoms with E-state index in [9.17, 15) is 4.79 Å². The van der Waals surface area contributed by atoms with Gasteiger partial charge in [0.25, 0.3) is 0 Å². The number of hydrogen-bond acceptors (Lipinski definition) is 3. The lowest BCUT2D eigenvalue weighted by atomic mass is 10.2. The van der Waals surface area contributed by atoms with Crippen molar-refractivity contribution in [3.63, 3.8) is 0 Å². The quantitative estimate of drug-likeness (QED) is 0.899. The molecular formula is C14H19BrN2O2. The molecule has 0 radical (unpaired) electrons. The summed E-state index contributed by atoms with van der Waals surface area (Å²) in [4.78, 5) is 15.2. The Morgan fingerprint density at radius 1 is 1.21 bits per heavy atom. The van der Waals surface area contributed by atoms with Crippen LogP contribution in [0, 0.1) is 0 Å². The van der Waals surface area contributed by atoms with Gasteiger partial charge >= 0.3 is 5.97 Å². The van der Waals surface area contributed by atoms with E-state index in [1.807, 2.05) is 6.07 Å². The number of halogens is 1. The Labute approximate surface area is 122 Å². The first kappa shape index (κ1) is 14.5. The summed E-state index contributed by atoms with van der Waals surface area (Å²) in [5.41, 5.74) is 1.31. The van der Waals surface area contributed by atoms with E-state index in [1.54, 1.807) is 0 Å². The number of rotatable bonds is 5. The van der Waals surface area contributed by atoms with Crippen molar-refractivity contribution in [1.29, 1.82) is 0 Å². The molecule has 1 fully saturated rings. The van der Waals surface area contributed by atoms with Gasteiger partial charge in [0.1, 0.15) is 0 Å². The van der Waals surface area contributed by atoms with Crippen LogP contribution in [0.2, 0.25) is 0 Å². The van der Waals surface area contributed by atoms with E-state index in [1.165, 1.54) is 5.56 Å². The third kappa shape index (κ3) is 4.93. The van der Waals surface area contributed by atoms with Crippen LogP contribution in [-0.4, -0.2) is 53.6 Å². The van der Waals surface area contributed by atoms with Crippen LogP contribution in [-0.2, 0) is 11.3 Å². The second kappa shape index (κ2) is 7.03. The maximum atomic E-state index is 10.5. The molecule has 0 aromatic heterocycles. The SMILES string of the molecule is O=C(O)CCN1CCN(Cc2cccc(Br)c2)CC1. The van der Waals surface area contributed by atoms with Crippen molar-refractivity contribution in [3.8, 4) is 0 Å². The van der Waals surface area contributed by atoms with Crippen LogP contribution in [0.15, 0.2) is 28.7 Å². The van der Waals surface area contributed by atoms with Crippen LogP contribution in [0.3, 0.4) is 0 Å². The normalized spacial score (nSPS) is 17.5. The first-order valence-corrected chi connectivity index (χ1v) is 7.34.